The molecule has 0 saturated heterocycles. The smallest absolute Gasteiger partial charge is 0.152 e. The van der Waals surface area contributed by atoms with Crippen LogP contribution in [0.2, 0.25) is 0 Å². The molecule has 6 heteroatoms. The van der Waals surface area contributed by atoms with E-state index in [4.69, 9.17) is 0 Å². The van der Waals surface area contributed by atoms with Gasteiger partial charge in [-0.25, -0.2) is 4.98 Å². The lowest BCUT2D eigenvalue weighted by atomic mass is 10.0. The van der Waals surface area contributed by atoms with E-state index in [9.17, 15) is 0 Å². The van der Waals surface area contributed by atoms with Crippen LogP contribution in [-0.2, 0) is 13.0 Å². The Morgan fingerprint density at radius 1 is 1.13 bits per heavy atom. The molecule has 1 aliphatic heterocycles. The van der Waals surface area contributed by atoms with Gasteiger partial charge in [-0.15, -0.1) is 10.2 Å². The summed E-state index contributed by atoms with van der Waals surface area (Å²) in [5, 5.41) is 8.62. The molecule has 0 fully saturated rings. The Hall–Kier alpha value is -2.76. The first-order valence-corrected chi connectivity index (χ1v) is 7.76. The third-order valence-electron chi connectivity index (χ3n) is 4.25. The molecule has 1 atom stereocenters. The molecule has 3 heterocycles. The summed E-state index contributed by atoms with van der Waals surface area (Å²) in [6.45, 7) is 3.61. The van der Waals surface area contributed by atoms with Crippen molar-refractivity contribution in [1.82, 2.24) is 24.7 Å². The quantitative estimate of drug-likeness (QED) is 0.742. The highest BCUT2D eigenvalue weighted by atomic mass is 15.4. The summed E-state index contributed by atoms with van der Waals surface area (Å²) >= 11 is 0. The highest BCUT2D eigenvalue weighted by molar-refractivity contribution is 5.37. The Morgan fingerprint density at radius 2 is 2.00 bits per heavy atom. The monoisotopic (exact) mass is 306 g/mol. The van der Waals surface area contributed by atoms with Crippen molar-refractivity contribution in [2.24, 2.45) is 0 Å². The topological polar surface area (TPSA) is 59.7 Å². The summed E-state index contributed by atoms with van der Waals surface area (Å²) in [7, 11) is 0. The maximum absolute atomic E-state index is 4.43. The van der Waals surface area contributed by atoms with Gasteiger partial charge in [-0.1, -0.05) is 30.3 Å². The van der Waals surface area contributed by atoms with Gasteiger partial charge in [-0.05, 0) is 18.9 Å². The fourth-order valence-electron chi connectivity index (χ4n) is 3.24. The summed E-state index contributed by atoms with van der Waals surface area (Å²) in [5.74, 6) is 2.84. The molecule has 3 aromatic rings. The van der Waals surface area contributed by atoms with Gasteiger partial charge in [0.1, 0.15) is 11.6 Å². The van der Waals surface area contributed by atoms with Crippen molar-refractivity contribution >= 4 is 5.82 Å². The molecule has 116 valence electrons. The zero-order valence-corrected chi connectivity index (χ0v) is 13.0. The van der Waals surface area contributed by atoms with Crippen molar-refractivity contribution in [2.75, 3.05) is 11.4 Å². The van der Waals surface area contributed by atoms with Gasteiger partial charge in [0.25, 0.3) is 0 Å². The van der Waals surface area contributed by atoms with Crippen LogP contribution in [0.15, 0.2) is 48.9 Å². The van der Waals surface area contributed by atoms with Gasteiger partial charge in [0.15, 0.2) is 5.82 Å². The van der Waals surface area contributed by atoms with Crippen molar-refractivity contribution in [2.45, 2.75) is 25.9 Å². The Bertz CT molecular complexity index is 783. The van der Waals surface area contributed by atoms with Crippen molar-refractivity contribution in [3.8, 4) is 0 Å². The van der Waals surface area contributed by atoms with E-state index in [2.05, 4.69) is 53.9 Å². The Kier molecular flexibility index (Phi) is 3.49. The predicted molar refractivity (Wildman–Crippen MR) is 87.0 cm³/mol. The molecule has 0 saturated carbocycles. The van der Waals surface area contributed by atoms with Gasteiger partial charge in [0, 0.05) is 18.9 Å². The lowest BCUT2D eigenvalue weighted by Crippen LogP contribution is -2.39. The summed E-state index contributed by atoms with van der Waals surface area (Å²) in [6, 6.07) is 10.8. The van der Waals surface area contributed by atoms with Gasteiger partial charge < -0.3 is 9.47 Å². The zero-order valence-electron chi connectivity index (χ0n) is 13.0. The second-order valence-electron chi connectivity index (χ2n) is 5.82. The number of fused-ring (bicyclic) bond motifs is 1. The van der Waals surface area contributed by atoms with Crippen molar-refractivity contribution < 1.29 is 0 Å². The van der Waals surface area contributed by atoms with E-state index in [0.717, 1.165) is 30.4 Å². The average Bonchev–Trinajstić information content (AvgIpc) is 2.98. The third kappa shape index (κ3) is 2.67. The minimum Gasteiger partial charge on any atom is -0.346 e. The van der Waals surface area contributed by atoms with Gasteiger partial charge in [-0.2, -0.15) is 0 Å². The normalized spacial score (nSPS) is 17.1. The molecular formula is C17H18N6. The van der Waals surface area contributed by atoms with Crippen molar-refractivity contribution in [1.29, 1.82) is 0 Å². The lowest BCUT2D eigenvalue weighted by Gasteiger charge is -2.34. The molecule has 0 bridgehead atoms. The molecule has 1 aromatic carbocycles. The van der Waals surface area contributed by atoms with Crippen LogP contribution < -0.4 is 4.90 Å². The van der Waals surface area contributed by atoms with E-state index in [1.807, 2.05) is 13.0 Å². The van der Waals surface area contributed by atoms with Crippen LogP contribution >= 0.6 is 0 Å². The zero-order chi connectivity index (χ0) is 15.6. The van der Waals surface area contributed by atoms with E-state index >= 15 is 0 Å². The largest absolute Gasteiger partial charge is 0.346 e. The number of hydrogen-bond acceptors (Lipinski definition) is 5. The first kappa shape index (κ1) is 13.9. The second kappa shape index (κ2) is 5.79. The first-order valence-electron chi connectivity index (χ1n) is 7.76. The van der Waals surface area contributed by atoms with Crippen LogP contribution in [0.3, 0.4) is 0 Å². The number of anilines is 1. The second-order valence-corrected chi connectivity index (χ2v) is 5.82. The van der Waals surface area contributed by atoms with Gasteiger partial charge >= 0.3 is 0 Å². The number of aromatic nitrogens is 5. The van der Waals surface area contributed by atoms with Crippen LogP contribution in [0, 0.1) is 6.92 Å². The molecule has 1 aliphatic rings. The molecule has 0 aliphatic carbocycles. The Morgan fingerprint density at radius 3 is 2.78 bits per heavy atom. The van der Waals surface area contributed by atoms with Gasteiger partial charge in [-0.3, -0.25) is 4.98 Å². The van der Waals surface area contributed by atoms with Crippen molar-refractivity contribution in [3.63, 3.8) is 0 Å². The molecule has 6 nitrogen and oxygen atoms in total. The van der Waals surface area contributed by atoms with Crippen LogP contribution in [0.5, 0.6) is 0 Å². The predicted octanol–water partition coefficient (Wildman–Crippen LogP) is 2.18. The van der Waals surface area contributed by atoms with Crippen molar-refractivity contribution in [3.05, 3.63) is 66.1 Å². The van der Waals surface area contributed by atoms with Gasteiger partial charge in [0.05, 0.1) is 18.8 Å². The fraction of sp³-hybridized carbons (Fsp3) is 0.294. The number of rotatable bonds is 3. The average molecular weight is 306 g/mol. The minimum atomic E-state index is 0.290. The molecular weight excluding hydrogens is 288 g/mol. The standard InChI is InChI=1S/C17H18N6/c1-13-20-21-17-12-22(16-10-18-7-8-19-16)11-15(23(13)17)9-14-5-3-2-4-6-14/h2-8,10,15H,9,11-12H2,1H3/t15-/m1/s1. The summed E-state index contributed by atoms with van der Waals surface area (Å²) in [5.41, 5.74) is 1.32. The fourth-order valence-corrected chi connectivity index (χ4v) is 3.24. The highest BCUT2D eigenvalue weighted by Crippen LogP contribution is 2.27. The third-order valence-corrected chi connectivity index (χ3v) is 4.25. The van der Waals surface area contributed by atoms with Crippen LogP contribution in [0.25, 0.3) is 0 Å². The first-order chi connectivity index (χ1) is 11.3. The number of benzene rings is 1. The molecule has 0 spiro atoms. The summed E-state index contributed by atoms with van der Waals surface area (Å²) < 4.78 is 2.26. The number of nitrogens with zero attached hydrogens (tertiary/aromatic N) is 6. The molecule has 2 aromatic heterocycles. The van der Waals surface area contributed by atoms with Crippen LogP contribution in [0.1, 0.15) is 23.3 Å². The Labute approximate surface area is 134 Å². The highest BCUT2D eigenvalue weighted by Gasteiger charge is 2.28. The molecule has 4 rings (SSSR count). The summed E-state index contributed by atoms with van der Waals surface area (Å²) in [6.07, 6.45) is 6.18. The maximum atomic E-state index is 4.43. The van der Waals surface area contributed by atoms with Crippen LogP contribution in [-0.4, -0.2) is 31.3 Å². The molecule has 0 N–H and O–H groups in total. The van der Waals surface area contributed by atoms with Gasteiger partial charge in [0.2, 0.25) is 0 Å². The summed E-state index contributed by atoms with van der Waals surface area (Å²) in [4.78, 5) is 10.8. The number of aryl methyl sites for hydroxylation is 1. The van der Waals surface area contributed by atoms with Crippen LogP contribution in [0.4, 0.5) is 5.82 Å². The van der Waals surface area contributed by atoms with E-state index in [1.54, 1.807) is 18.6 Å². The molecule has 23 heavy (non-hydrogen) atoms. The maximum Gasteiger partial charge on any atom is 0.152 e. The van der Waals surface area contributed by atoms with E-state index in [-0.39, 0.29) is 6.04 Å². The number of hydrogen-bond donors (Lipinski definition) is 0. The minimum absolute atomic E-state index is 0.290. The molecule has 0 radical (unpaired) electrons. The molecule has 0 amide bonds. The Balaban J connectivity index is 1.67. The van der Waals surface area contributed by atoms with E-state index in [0.29, 0.717) is 6.54 Å². The van der Waals surface area contributed by atoms with E-state index in [1.165, 1.54) is 5.56 Å². The SMILES string of the molecule is Cc1nnc2n1[C@H](Cc1ccccc1)CN(c1cnccn1)C2. The lowest BCUT2D eigenvalue weighted by molar-refractivity contribution is 0.421. The molecule has 0 unspecified atom stereocenters. The van der Waals surface area contributed by atoms with E-state index < -0.39 is 0 Å².